The van der Waals surface area contributed by atoms with Gasteiger partial charge in [-0.25, -0.2) is 9.97 Å². The Kier molecular flexibility index (Phi) is 4.98. The molecule has 2 aromatic carbocycles. The highest BCUT2D eigenvalue weighted by molar-refractivity contribution is 5.94. The van der Waals surface area contributed by atoms with Crippen LogP contribution in [0.1, 0.15) is 21.9 Å². The molecule has 1 amide bonds. The Morgan fingerprint density at radius 2 is 1.74 bits per heavy atom. The molecule has 27 heavy (non-hydrogen) atoms. The maximum absolute atomic E-state index is 12.5. The third kappa shape index (κ3) is 4.52. The number of rotatable bonds is 4. The summed E-state index contributed by atoms with van der Waals surface area (Å²) in [5.74, 6) is -0.253. The van der Waals surface area contributed by atoms with Crippen LogP contribution < -0.4 is 4.74 Å². The lowest BCUT2D eigenvalue weighted by molar-refractivity contribution is -0.274. The predicted molar refractivity (Wildman–Crippen MR) is 93.2 cm³/mol. The minimum absolute atomic E-state index is 0.172. The molecular weight excluding hydrogens is 359 g/mol. The van der Waals surface area contributed by atoms with Gasteiger partial charge in [-0.1, -0.05) is 18.2 Å². The van der Waals surface area contributed by atoms with Crippen molar-refractivity contribution >= 4 is 16.8 Å². The summed E-state index contributed by atoms with van der Waals surface area (Å²) in [6.07, 6.45) is -4.77. The van der Waals surface area contributed by atoms with E-state index >= 15 is 0 Å². The van der Waals surface area contributed by atoms with Crippen LogP contribution in [0.2, 0.25) is 0 Å². The standard InChI is InChI=1S/C19H16F3N3O2/c1-12-15-5-3-4-6-16(15)24-17(23-12)11-25(2)18(26)13-7-9-14(10-8-13)27-19(20,21)22/h3-10H,11H2,1-2H3. The second kappa shape index (κ2) is 7.22. The molecule has 0 aliphatic carbocycles. The molecule has 0 spiro atoms. The normalized spacial score (nSPS) is 11.4. The van der Waals surface area contributed by atoms with Crippen molar-refractivity contribution < 1.29 is 22.7 Å². The van der Waals surface area contributed by atoms with Gasteiger partial charge in [-0.2, -0.15) is 0 Å². The lowest BCUT2D eigenvalue weighted by Gasteiger charge is -2.17. The van der Waals surface area contributed by atoms with E-state index in [1.807, 2.05) is 31.2 Å². The SMILES string of the molecule is Cc1nc(CN(C)C(=O)c2ccc(OC(F)(F)F)cc2)nc2ccccc12. The quantitative estimate of drug-likeness (QED) is 0.689. The summed E-state index contributed by atoms with van der Waals surface area (Å²) >= 11 is 0. The summed E-state index contributed by atoms with van der Waals surface area (Å²) in [7, 11) is 1.58. The molecule has 0 saturated carbocycles. The Morgan fingerprint density at radius 3 is 2.41 bits per heavy atom. The fraction of sp³-hybridized carbons (Fsp3) is 0.211. The number of hydrogen-bond donors (Lipinski definition) is 0. The fourth-order valence-corrected chi connectivity index (χ4v) is 2.67. The third-order valence-corrected chi connectivity index (χ3v) is 3.90. The number of nitrogens with zero attached hydrogens (tertiary/aromatic N) is 3. The van der Waals surface area contributed by atoms with E-state index in [0.29, 0.717) is 5.82 Å². The number of ether oxygens (including phenoxy) is 1. The summed E-state index contributed by atoms with van der Waals surface area (Å²) in [4.78, 5) is 22.8. The average molecular weight is 375 g/mol. The van der Waals surface area contributed by atoms with Gasteiger partial charge in [0.2, 0.25) is 0 Å². The number of benzene rings is 2. The number of alkyl halides is 3. The molecule has 5 nitrogen and oxygen atoms in total. The molecule has 0 atom stereocenters. The minimum atomic E-state index is -4.77. The summed E-state index contributed by atoms with van der Waals surface area (Å²) in [5, 5.41) is 0.940. The molecule has 0 fully saturated rings. The second-order valence-electron chi connectivity index (χ2n) is 5.98. The van der Waals surface area contributed by atoms with Crippen LogP contribution in [0.25, 0.3) is 10.9 Å². The fourth-order valence-electron chi connectivity index (χ4n) is 2.67. The van der Waals surface area contributed by atoms with E-state index in [0.717, 1.165) is 28.7 Å². The smallest absolute Gasteiger partial charge is 0.406 e. The van der Waals surface area contributed by atoms with Crippen LogP contribution in [0, 0.1) is 6.92 Å². The largest absolute Gasteiger partial charge is 0.573 e. The maximum atomic E-state index is 12.5. The first kappa shape index (κ1) is 18.6. The molecule has 3 rings (SSSR count). The van der Waals surface area contributed by atoms with Gasteiger partial charge in [0.15, 0.2) is 0 Å². The van der Waals surface area contributed by atoms with Gasteiger partial charge in [0.1, 0.15) is 11.6 Å². The van der Waals surface area contributed by atoms with E-state index in [1.165, 1.54) is 17.0 Å². The van der Waals surface area contributed by atoms with Crippen molar-refractivity contribution in [1.29, 1.82) is 0 Å². The van der Waals surface area contributed by atoms with Crippen LogP contribution in [0.4, 0.5) is 13.2 Å². The number of para-hydroxylation sites is 1. The van der Waals surface area contributed by atoms with Crippen molar-refractivity contribution in [1.82, 2.24) is 14.9 Å². The number of aromatic nitrogens is 2. The molecule has 1 aromatic heterocycles. The van der Waals surface area contributed by atoms with Gasteiger partial charge in [-0.15, -0.1) is 13.2 Å². The number of aryl methyl sites for hydroxylation is 1. The van der Waals surface area contributed by atoms with Gasteiger partial charge in [-0.05, 0) is 37.3 Å². The number of carbonyl (C=O) groups is 1. The molecule has 0 saturated heterocycles. The Bertz CT molecular complexity index is 972. The molecule has 0 N–H and O–H groups in total. The Hall–Kier alpha value is -3.16. The summed E-state index contributed by atoms with van der Waals surface area (Å²) in [6, 6.07) is 12.3. The van der Waals surface area contributed by atoms with Gasteiger partial charge in [0, 0.05) is 23.7 Å². The van der Waals surface area contributed by atoms with Gasteiger partial charge >= 0.3 is 6.36 Å². The molecule has 0 bridgehead atoms. The van der Waals surface area contributed by atoms with Gasteiger partial charge in [0.25, 0.3) is 5.91 Å². The number of hydrogen-bond acceptors (Lipinski definition) is 4. The molecule has 8 heteroatoms. The first-order valence-corrected chi connectivity index (χ1v) is 8.06. The van der Waals surface area contributed by atoms with Crippen LogP contribution in [0.5, 0.6) is 5.75 Å². The van der Waals surface area contributed by atoms with Crippen molar-refractivity contribution in [2.24, 2.45) is 0 Å². The highest BCUT2D eigenvalue weighted by Crippen LogP contribution is 2.23. The van der Waals surface area contributed by atoms with Gasteiger partial charge < -0.3 is 9.64 Å². The zero-order valence-electron chi connectivity index (χ0n) is 14.6. The van der Waals surface area contributed by atoms with Crippen LogP contribution >= 0.6 is 0 Å². The molecule has 140 valence electrons. The molecule has 0 radical (unpaired) electrons. The van der Waals surface area contributed by atoms with Crippen molar-refractivity contribution in [3.05, 3.63) is 65.6 Å². The molecule has 3 aromatic rings. The van der Waals surface area contributed by atoms with E-state index in [4.69, 9.17) is 0 Å². The second-order valence-corrected chi connectivity index (χ2v) is 5.98. The topological polar surface area (TPSA) is 55.3 Å². The maximum Gasteiger partial charge on any atom is 0.573 e. The summed E-state index contributed by atoms with van der Waals surface area (Å²) in [6.45, 7) is 2.04. The van der Waals surface area contributed by atoms with Crippen molar-refractivity contribution in [3.8, 4) is 5.75 Å². The molecule has 0 unspecified atom stereocenters. The number of halogens is 3. The van der Waals surface area contributed by atoms with E-state index in [-0.39, 0.29) is 23.8 Å². The lowest BCUT2D eigenvalue weighted by atomic mass is 10.2. The van der Waals surface area contributed by atoms with Crippen molar-refractivity contribution in [2.45, 2.75) is 19.8 Å². The Labute approximate surface area is 153 Å². The van der Waals surface area contributed by atoms with E-state index in [1.54, 1.807) is 7.05 Å². The summed E-state index contributed by atoms with van der Waals surface area (Å²) in [5.41, 5.74) is 1.84. The third-order valence-electron chi connectivity index (χ3n) is 3.90. The first-order chi connectivity index (χ1) is 12.7. The highest BCUT2D eigenvalue weighted by atomic mass is 19.4. The van der Waals surface area contributed by atoms with Crippen LogP contribution in [0.3, 0.4) is 0 Å². The van der Waals surface area contributed by atoms with Crippen LogP contribution in [0.15, 0.2) is 48.5 Å². The molecule has 0 aliphatic heterocycles. The predicted octanol–water partition coefficient (Wildman–Crippen LogP) is 4.11. The molecule has 1 heterocycles. The van der Waals surface area contributed by atoms with Crippen molar-refractivity contribution in [2.75, 3.05) is 7.05 Å². The molecular formula is C19H16F3N3O2. The highest BCUT2D eigenvalue weighted by Gasteiger charge is 2.31. The summed E-state index contributed by atoms with van der Waals surface area (Å²) < 4.78 is 40.4. The van der Waals surface area contributed by atoms with Gasteiger partial charge in [0.05, 0.1) is 12.1 Å². The first-order valence-electron chi connectivity index (χ1n) is 8.06. The Morgan fingerprint density at radius 1 is 1.07 bits per heavy atom. The number of carbonyl (C=O) groups excluding carboxylic acids is 1. The lowest BCUT2D eigenvalue weighted by Crippen LogP contribution is -2.27. The van der Waals surface area contributed by atoms with E-state index < -0.39 is 6.36 Å². The zero-order chi connectivity index (χ0) is 19.6. The van der Waals surface area contributed by atoms with Gasteiger partial charge in [-0.3, -0.25) is 4.79 Å². The molecule has 0 aliphatic rings. The van der Waals surface area contributed by atoms with E-state index in [2.05, 4.69) is 14.7 Å². The monoisotopic (exact) mass is 375 g/mol. The zero-order valence-corrected chi connectivity index (χ0v) is 14.6. The average Bonchev–Trinajstić information content (AvgIpc) is 2.60. The van der Waals surface area contributed by atoms with Crippen molar-refractivity contribution in [3.63, 3.8) is 0 Å². The Balaban J connectivity index is 1.74. The number of fused-ring (bicyclic) bond motifs is 1. The van der Waals surface area contributed by atoms with E-state index in [9.17, 15) is 18.0 Å². The number of amides is 1. The minimum Gasteiger partial charge on any atom is -0.406 e. The van der Waals surface area contributed by atoms with Crippen LogP contribution in [-0.4, -0.2) is 34.2 Å². The van der Waals surface area contributed by atoms with Crippen LogP contribution in [-0.2, 0) is 6.54 Å².